The van der Waals surface area contributed by atoms with Crippen LogP contribution in [0.2, 0.25) is 0 Å². The van der Waals surface area contributed by atoms with Gasteiger partial charge in [0.2, 0.25) is 10.0 Å². The Morgan fingerprint density at radius 3 is 2.43 bits per heavy atom. The lowest BCUT2D eigenvalue weighted by Gasteiger charge is -2.34. The van der Waals surface area contributed by atoms with Gasteiger partial charge in [0, 0.05) is 6.04 Å². The van der Waals surface area contributed by atoms with Gasteiger partial charge in [0.25, 0.3) is 0 Å². The molecule has 1 aromatic carbocycles. The molecule has 0 unspecified atom stereocenters. The number of rotatable bonds is 3. The molecule has 0 aliphatic heterocycles. The van der Waals surface area contributed by atoms with E-state index in [4.69, 9.17) is 5.26 Å². The molecule has 2 rings (SSSR count). The van der Waals surface area contributed by atoms with Crippen molar-refractivity contribution in [3.8, 4) is 6.07 Å². The van der Waals surface area contributed by atoms with Gasteiger partial charge in [-0.15, -0.1) is 0 Å². The van der Waals surface area contributed by atoms with Crippen molar-refractivity contribution in [2.75, 3.05) is 0 Å². The predicted molar refractivity (Wildman–Crippen MR) is 82.3 cm³/mol. The van der Waals surface area contributed by atoms with Crippen LogP contribution in [0.15, 0.2) is 23.1 Å². The Balaban J connectivity index is 2.13. The average Bonchev–Trinajstić information content (AvgIpc) is 2.41. The summed E-state index contributed by atoms with van der Waals surface area (Å²) in [6.07, 6.45) is 3.82. The van der Waals surface area contributed by atoms with Crippen molar-refractivity contribution in [2.24, 2.45) is 5.41 Å². The minimum absolute atomic E-state index is 0.0129. The van der Waals surface area contributed by atoms with Gasteiger partial charge < -0.3 is 0 Å². The highest BCUT2D eigenvalue weighted by molar-refractivity contribution is 7.89. The van der Waals surface area contributed by atoms with Crippen LogP contribution in [0.3, 0.4) is 0 Å². The zero-order chi connectivity index (χ0) is 15.7. The Bertz CT molecular complexity index is 662. The van der Waals surface area contributed by atoms with Gasteiger partial charge in [-0.25, -0.2) is 13.1 Å². The summed E-state index contributed by atoms with van der Waals surface area (Å²) in [6.45, 7) is 6.20. The van der Waals surface area contributed by atoms with Crippen LogP contribution in [-0.4, -0.2) is 14.5 Å². The van der Waals surface area contributed by atoms with Crippen molar-refractivity contribution in [3.05, 3.63) is 29.3 Å². The molecule has 0 heterocycles. The van der Waals surface area contributed by atoms with Gasteiger partial charge >= 0.3 is 0 Å². The first-order chi connectivity index (χ1) is 9.73. The molecule has 1 saturated carbocycles. The molecule has 1 aliphatic carbocycles. The molecule has 0 amide bonds. The Kier molecular flexibility index (Phi) is 4.40. The number of hydrogen-bond donors (Lipinski definition) is 1. The Hall–Kier alpha value is -1.38. The van der Waals surface area contributed by atoms with Crippen LogP contribution in [0.5, 0.6) is 0 Å². The summed E-state index contributed by atoms with van der Waals surface area (Å²) >= 11 is 0. The SMILES string of the molecule is Cc1cc(S(=O)(=O)NC2CCC(C)(C)CC2)ccc1C#N. The maximum absolute atomic E-state index is 12.4. The second-order valence-corrected chi connectivity index (χ2v) is 8.36. The summed E-state index contributed by atoms with van der Waals surface area (Å²) in [6, 6.07) is 6.69. The molecule has 0 radical (unpaired) electrons. The molecule has 0 spiro atoms. The van der Waals surface area contributed by atoms with Crippen LogP contribution in [0.25, 0.3) is 0 Å². The van der Waals surface area contributed by atoms with Gasteiger partial charge in [-0.05, 0) is 61.8 Å². The molecule has 1 fully saturated rings. The smallest absolute Gasteiger partial charge is 0.208 e. The van der Waals surface area contributed by atoms with Gasteiger partial charge in [-0.1, -0.05) is 13.8 Å². The Labute approximate surface area is 127 Å². The fourth-order valence-corrected chi connectivity index (χ4v) is 4.12. The quantitative estimate of drug-likeness (QED) is 0.932. The van der Waals surface area contributed by atoms with E-state index >= 15 is 0 Å². The molecule has 0 bridgehead atoms. The van der Waals surface area contributed by atoms with E-state index in [9.17, 15) is 8.42 Å². The van der Waals surface area contributed by atoms with Crippen LogP contribution < -0.4 is 4.72 Å². The summed E-state index contributed by atoms with van der Waals surface area (Å²) < 4.78 is 27.6. The first-order valence-corrected chi connectivity index (χ1v) is 8.75. The molecular formula is C16H22N2O2S. The second-order valence-electron chi connectivity index (χ2n) is 6.65. The molecule has 0 aromatic heterocycles. The molecule has 1 aliphatic rings. The first-order valence-electron chi connectivity index (χ1n) is 7.27. The molecule has 0 atom stereocenters. The van der Waals surface area contributed by atoms with Gasteiger partial charge in [-0.3, -0.25) is 0 Å². The fraction of sp³-hybridized carbons (Fsp3) is 0.562. The summed E-state index contributed by atoms with van der Waals surface area (Å²) in [7, 11) is -3.50. The highest BCUT2D eigenvalue weighted by Gasteiger charge is 2.29. The number of nitrogens with one attached hydrogen (secondary N) is 1. The average molecular weight is 306 g/mol. The first kappa shape index (κ1) is 16.0. The summed E-state index contributed by atoms with van der Waals surface area (Å²) in [5.74, 6) is 0. The highest BCUT2D eigenvalue weighted by atomic mass is 32.2. The van der Waals surface area contributed by atoms with Crippen LogP contribution in [0.4, 0.5) is 0 Å². The maximum Gasteiger partial charge on any atom is 0.240 e. The molecule has 1 aromatic rings. The number of benzene rings is 1. The summed E-state index contributed by atoms with van der Waals surface area (Å²) in [5, 5.41) is 8.91. The summed E-state index contributed by atoms with van der Waals surface area (Å²) in [4.78, 5) is 0.240. The van der Waals surface area contributed by atoms with Crippen molar-refractivity contribution in [3.63, 3.8) is 0 Å². The van der Waals surface area contributed by atoms with Crippen molar-refractivity contribution in [2.45, 2.75) is 57.4 Å². The fourth-order valence-electron chi connectivity index (χ4n) is 2.73. The zero-order valence-electron chi connectivity index (χ0n) is 12.8. The molecule has 21 heavy (non-hydrogen) atoms. The van der Waals surface area contributed by atoms with Crippen molar-refractivity contribution < 1.29 is 8.42 Å². The molecule has 5 heteroatoms. The Morgan fingerprint density at radius 2 is 1.90 bits per heavy atom. The van der Waals surface area contributed by atoms with E-state index < -0.39 is 10.0 Å². The molecular weight excluding hydrogens is 284 g/mol. The molecule has 114 valence electrons. The van der Waals surface area contributed by atoms with E-state index in [-0.39, 0.29) is 10.9 Å². The predicted octanol–water partition coefficient (Wildman–Crippen LogP) is 3.11. The van der Waals surface area contributed by atoms with E-state index in [0.717, 1.165) is 25.7 Å². The highest BCUT2D eigenvalue weighted by Crippen LogP contribution is 2.35. The number of nitriles is 1. The largest absolute Gasteiger partial charge is 0.240 e. The van der Waals surface area contributed by atoms with Gasteiger partial charge in [-0.2, -0.15) is 5.26 Å². The topological polar surface area (TPSA) is 70.0 Å². The monoisotopic (exact) mass is 306 g/mol. The number of sulfonamides is 1. The van der Waals surface area contributed by atoms with E-state index in [1.165, 1.54) is 6.07 Å². The van der Waals surface area contributed by atoms with E-state index in [1.807, 2.05) is 6.07 Å². The second kappa shape index (κ2) is 5.78. The van der Waals surface area contributed by atoms with Crippen molar-refractivity contribution >= 4 is 10.0 Å². The van der Waals surface area contributed by atoms with Crippen LogP contribution >= 0.6 is 0 Å². The normalized spacial score (nSPS) is 19.1. The lowest BCUT2D eigenvalue weighted by molar-refractivity contribution is 0.218. The van der Waals surface area contributed by atoms with E-state index in [0.29, 0.717) is 16.5 Å². The van der Waals surface area contributed by atoms with Crippen molar-refractivity contribution in [1.29, 1.82) is 5.26 Å². The maximum atomic E-state index is 12.4. The lowest BCUT2D eigenvalue weighted by Crippen LogP contribution is -2.39. The Morgan fingerprint density at radius 1 is 1.29 bits per heavy atom. The van der Waals surface area contributed by atoms with Gasteiger partial charge in [0.1, 0.15) is 0 Å². The van der Waals surface area contributed by atoms with Gasteiger partial charge in [0.15, 0.2) is 0 Å². The third kappa shape index (κ3) is 3.84. The standard InChI is InChI=1S/C16H22N2O2S/c1-12-10-15(5-4-13(12)11-17)21(19,20)18-14-6-8-16(2,3)9-7-14/h4-5,10,14,18H,6-9H2,1-3H3. The molecule has 4 nitrogen and oxygen atoms in total. The minimum Gasteiger partial charge on any atom is -0.208 e. The van der Waals surface area contributed by atoms with Crippen LogP contribution in [0, 0.1) is 23.7 Å². The third-order valence-electron chi connectivity index (χ3n) is 4.29. The van der Waals surface area contributed by atoms with Gasteiger partial charge in [0.05, 0.1) is 16.5 Å². The van der Waals surface area contributed by atoms with E-state index in [2.05, 4.69) is 18.6 Å². The number of aryl methyl sites for hydroxylation is 1. The van der Waals surface area contributed by atoms with E-state index in [1.54, 1.807) is 19.1 Å². The zero-order valence-corrected chi connectivity index (χ0v) is 13.6. The number of hydrogen-bond acceptors (Lipinski definition) is 3. The van der Waals surface area contributed by atoms with Crippen molar-refractivity contribution in [1.82, 2.24) is 4.72 Å². The molecule has 1 N–H and O–H groups in total. The molecule has 0 saturated heterocycles. The summed E-state index contributed by atoms with van der Waals surface area (Å²) in [5.41, 5.74) is 1.51. The minimum atomic E-state index is -3.50. The van der Waals surface area contributed by atoms with Crippen LogP contribution in [-0.2, 0) is 10.0 Å². The third-order valence-corrected chi connectivity index (χ3v) is 5.81. The number of nitrogens with zero attached hydrogens (tertiary/aromatic N) is 1. The lowest BCUT2D eigenvalue weighted by atomic mass is 9.76. The van der Waals surface area contributed by atoms with Crippen LogP contribution in [0.1, 0.15) is 50.7 Å².